The number of hydrogen-bond donors (Lipinski definition) is 1. The molecule has 260 valence electrons. The largest absolute Gasteiger partial charge is 0.450 e. The van der Waals surface area contributed by atoms with Gasteiger partial charge in [-0.3, -0.25) is 0 Å². The average molecular weight is 623 g/mol. The number of unbranched alkanes of at least 4 members (excludes halogenated alkanes) is 21. The highest BCUT2D eigenvalue weighted by Crippen LogP contribution is 2.20. The van der Waals surface area contributed by atoms with Crippen LogP contribution in [0, 0.1) is 0 Å². The molecule has 0 bridgehead atoms. The Bertz CT molecular complexity index is 610. The molecule has 0 fully saturated rings. The van der Waals surface area contributed by atoms with Crippen molar-refractivity contribution in [1.29, 1.82) is 0 Å². The molecule has 6 nitrogen and oxygen atoms in total. The summed E-state index contributed by atoms with van der Waals surface area (Å²) in [5.74, 6) is 0. The molecule has 0 aliphatic rings. The molecule has 44 heavy (non-hydrogen) atoms. The third-order valence-corrected chi connectivity index (χ3v) is 9.25. The van der Waals surface area contributed by atoms with E-state index in [1.54, 1.807) is 6.08 Å². The number of nitrogens with one attached hydrogen (secondary N) is 1. The minimum Gasteiger partial charge on any atom is -0.450 e. The van der Waals surface area contributed by atoms with Crippen molar-refractivity contribution in [1.82, 2.24) is 5.32 Å². The van der Waals surface area contributed by atoms with E-state index in [-0.39, 0.29) is 6.09 Å². The zero-order valence-corrected chi connectivity index (χ0v) is 30.0. The smallest absolute Gasteiger partial charge is 0.407 e. The number of hydrogen-bond acceptors (Lipinski definition) is 4. The molecular weight excluding hydrogens is 546 g/mol. The number of quaternary nitrogens is 1. The predicted octanol–water partition coefficient (Wildman–Crippen LogP) is 11.1. The van der Waals surface area contributed by atoms with Gasteiger partial charge in [-0.1, -0.05) is 111 Å². The molecule has 0 saturated carbocycles. The van der Waals surface area contributed by atoms with Crippen molar-refractivity contribution in [2.75, 3.05) is 45.9 Å². The first-order chi connectivity index (χ1) is 21.6. The van der Waals surface area contributed by atoms with Gasteiger partial charge in [0.25, 0.3) is 0 Å². The maximum absolute atomic E-state index is 12.0. The van der Waals surface area contributed by atoms with Gasteiger partial charge in [-0.05, 0) is 77.0 Å². The Morgan fingerprint density at radius 1 is 0.545 bits per heavy atom. The van der Waals surface area contributed by atoms with Crippen LogP contribution in [0.5, 0.6) is 0 Å². The van der Waals surface area contributed by atoms with E-state index >= 15 is 0 Å². The van der Waals surface area contributed by atoms with Crippen LogP contribution >= 0.6 is 0 Å². The maximum atomic E-state index is 12.0. The van der Waals surface area contributed by atoms with E-state index in [9.17, 15) is 9.59 Å². The van der Waals surface area contributed by atoms with Gasteiger partial charge in [0.2, 0.25) is 6.08 Å². The summed E-state index contributed by atoms with van der Waals surface area (Å²) < 4.78 is 6.78. The van der Waals surface area contributed by atoms with E-state index in [1.165, 1.54) is 159 Å². The second-order valence-corrected chi connectivity index (χ2v) is 13.4. The number of rotatable bonds is 35. The molecule has 6 heteroatoms. The van der Waals surface area contributed by atoms with Gasteiger partial charge in [-0.2, -0.15) is 0 Å². The highest BCUT2D eigenvalue weighted by molar-refractivity contribution is 5.66. The number of amides is 1. The average Bonchev–Trinajstić information content (AvgIpc) is 3.03. The second kappa shape index (κ2) is 34.5. The van der Waals surface area contributed by atoms with E-state index in [0.717, 1.165) is 38.5 Å². The fourth-order valence-electron chi connectivity index (χ4n) is 6.38. The molecule has 0 aromatic heterocycles. The van der Waals surface area contributed by atoms with Gasteiger partial charge < -0.3 is 14.5 Å². The molecule has 0 spiro atoms. The van der Waals surface area contributed by atoms with Crippen molar-refractivity contribution in [2.45, 2.75) is 188 Å². The summed E-state index contributed by atoms with van der Waals surface area (Å²) in [5.41, 5.74) is 0. The van der Waals surface area contributed by atoms with E-state index in [4.69, 9.17) is 4.74 Å². The molecule has 1 amide bonds. The van der Waals surface area contributed by atoms with Gasteiger partial charge in [0.15, 0.2) is 0 Å². The SMILES string of the molecule is CCCCCCCC[N+](CCCCCCCC)(CCCCCCCC)CCCCCCOC(=O)NCCCCCCN=C=O. The lowest BCUT2D eigenvalue weighted by atomic mass is 10.0. The molecule has 0 radical (unpaired) electrons. The van der Waals surface area contributed by atoms with Crippen LogP contribution in [0.3, 0.4) is 0 Å². The van der Waals surface area contributed by atoms with E-state index in [1.807, 2.05) is 0 Å². The number of aliphatic imine (C=N–C) groups is 1. The van der Waals surface area contributed by atoms with Crippen molar-refractivity contribution in [2.24, 2.45) is 4.99 Å². The normalized spacial score (nSPS) is 11.4. The van der Waals surface area contributed by atoms with E-state index in [2.05, 4.69) is 31.1 Å². The first-order valence-electron chi connectivity index (χ1n) is 19.4. The highest BCUT2D eigenvalue weighted by atomic mass is 16.5. The van der Waals surface area contributed by atoms with Crippen molar-refractivity contribution in [3.8, 4) is 0 Å². The zero-order valence-electron chi connectivity index (χ0n) is 30.0. The van der Waals surface area contributed by atoms with Crippen molar-refractivity contribution in [3.05, 3.63) is 0 Å². The van der Waals surface area contributed by atoms with Gasteiger partial charge >= 0.3 is 6.09 Å². The Kier molecular flexibility index (Phi) is 33.4. The standard InChI is InChI=1S/C38H75N3O3/c1-4-7-10-13-18-25-32-41(33-26-19-14-11-8-5-2,34-27-20-15-12-9-6-3)35-28-21-22-29-36-44-38(43)40-31-24-17-16-23-30-39-37-42/h4-36H2,1-3H3/p+1. The van der Waals surface area contributed by atoms with Crippen LogP contribution < -0.4 is 5.32 Å². The Morgan fingerprint density at radius 3 is 1.39 bits per heavy atom. The lowest BCUT2D eigenvalue weighted by Gasteiger charge is -2.40. The molecule has 0 rings (SSSR count). The molecule has 0 unspecified atom stereocenters. The maximum Gasteiger partial charge on any atom is 0.407 e. The second-order valence-electron chi connectivity index (χ2n) is 13.4. The number of isocyanates is 1. The summed E-state index contributed by atoms with van der Waals surface area (Å²) in [6, 6.07) is 0. The topological polar surface area (TPSA) is 67.8 Å². The Hall–Kier alpha value is -1.39. The van der Waals surface area contributed by atoms with Crippen LogP contribution in [0.4, 0.5) is 4.79 Å². The van der Waals surface area contributed by atoms with Gasteiger partial charge in [0.05, 0.1) is 39.3 Å². The molecule has 0 aromatic rings. The van der Waals surface area contributed by atoms with E-state index < -0.39 is 0 Å². The minimum absolute atomic E-state index is 0.289. The lowest BCUT2D eigenvalue weighted by molar-refractivity contribution is -0.929. The van der Waals surface area contributed by atoms with Crippen LogP contribution in [0.25, 0.3) is 0 Å². The molecule has 0 aliphatic heterocycles. The molecule has 0 saturated heterocycles. The Labute approximate surface area is 274 Å². The van der Waals surface area contributed by atoms with Crippen molar-refractivity contribution in [3.63, 3.8) is 0 Å². The first kappa shape index (κ1) is 42.6. The highest BCUT2D eigenvalue weighted by Gasteiger charge is 2.25. The summed E-state index contributed by atoms with van der Waals surface area (Å²) in [6.45, 7) is 14.1. The Morgan fingerprint density at radius 2 is 0.932 bits per heavy atom. The number of carbonyl (C=O) groups excluding carboxylic acids is 2. The van der Waals surface area contributed by atoms with Crippen LogP contribution in [0.2, 0.25) is 0 Å². The van der Waals surface area contributed by atoms with Crippen LogP contribution in [0.1, 0.15) is 188 Å². The molecule has 0 atom stereocenters. The van der Waals surface area contributed by atoms with Gasteiger partial charge in [0.1, 0.15) is 0 Å². The Balaban J connectivity index is 4.58. The lowest BCUT2D eigenvalue weighted by Crippen LogP contribution is -2.50. The molecule has 0 heterocycles. The summed E-state index contributed by atoms with van der Waals surface area (Å²) >= 11 is 0. The van der Waals surface area contributed by atoms with Crippen LogP contribution in [-0.2, 0) is 9.53 Å². The minimum atomic E-state index is -0.289. The summed E-state index contributed by atoms with van der Waals surface area (Å²) in [6.07, 6.45) is 34.8. The number of ether oxygens (including phenoxy) is 1. The molecule has 0 aliphatic carbocycles. The molecule has 1 N–H and O–H groups in total. The van der Waals surface area contributed by atoms with E-state index in [0.29, 0.717) is 19.7 Å². The number of carbonyl (C=O) groups is 1. The van der Waals surface area contributed by atoms with Crippen molar-refractivity contribution < 1.29 is 18.8 Å². The first-order valence-corrected chi connectivity index (χ1v) is 19.4. The van der Waals surface area contributed by atoms with Gasteiger partial charge in [-0.15, -0.1) is 0 Å². The monoisotopic (exact) mass is 623 g/mol. The molecular formula is C38H76N3O3+. The third-order valence-electron chi connectivity index (χ3n) is 9.25. The fraction of sp³-hybridized carbons (Fsp3) is 0.947. The van der Waals surface area contributed by atoms with Crippen molar-refractivity contribution >= 4 is 12.2 Å². The number of alkyl carbamates (subject to hydrolysis) is 1. The summed E-state index contributed by atoms with van der Waals surface area (Å²) in [7, 11) is 0. The number of nitrogens with zero attached hydrogens (tertiary/aromatic N) is 2. The van der Waals surface area contributed by atoms with Crippen LogP contribution in [-0.4, -0.2) is 62.5 Å². The molecule has 0 aromatic carbocycles. The van der Waals surface area contributed by atoms with Crippen LogP contribution in [0.15, 0.2) is 4.99 Å². The van der Waals surface area contributed by atoms with Gasteiger partial charge in [-0.25, -0.2) is 14.6 Å². The quantitative estimate of drug-likeness (QED) is 0.0331. The zero-order chi connectivity index (χ0) is 32.2. The van der Waals surface area contributed by atoms with Gasteiger partial charge in [0, 0.05) is 6.54 Å². The third kappa shape index (κ3) is 29.3. The predicted molar refractivity (Wildman–Crippen MR) is 189 cm³/mol. The fourth-order valence-corrected chi connectivity index (χ4v) is 6.38. The summed E-state index contributed by atoms with van der Waals surface area (Å²) in [5, 5.41) is 2.86. The summed E-state index contributed by atoms with van der Waals surface area (Å²) in [4.78, 5) is 25.6.